The number of nitrogens with one attached hydrogen (secondary N) is 2. The second-order valence-corrected chi connectivity index (χ2v) is 4.82. The molecular formula is C12H21N5O. The molecule has 0 aliphatic heterocycles. The monoisotopic (exact) mass is 251 g/mol. The van der Waals surface area contributed by atoms with Gasteiger partial charge < -0.3 is 10.6 Å². The Hall–Kier alpha value is -1.59. The molecule has 0 atom stereocenters. The minimum Gasteiger partial charge on any atom is -0.338 e. The maximum atomic E-state index is 11.6. The summed E-state index contributed by atoms with van der Waals surface area (Å²) in [4.78, 5) is 15.7. The summed E-state index contributed by atoms with van der Waals surface area (Å²) < 4.78 is 1.66. The highest BCUT2D eigenvalue weighted by Gasteiger charge is 2.15. The predicted molar refractivity (Wildman–Crippen MR) is 68.1 cm³/mol. The van der Waals surface area contributed by atoms with Crippen LogP contribution in [0.25, 0.3) is 0 Å². The van der Waals surface area contributed by atoms with Crippen molar-refractivity contribution in [3.63, 3.8) is 0 Å². The lowest BCUT2D eigenvalue weighted by Crippen LogP contribution is -2.43. The first-order valence-electron chi connectivity index (χ1n) is 6.63. The van der Waals surface area contributed by atoms with Crippen molar-refractivity contribution in [2.24, 2.45) is 7.05 Å². The van der Waals surface area contributed by atoms with Crippen molar-refractivity contribution in [3.05, 3.63) is 12.2 Å². The van der Waals surface area contributed by atoms with Gasteiger partial charge in [-0.3, -0.25) is 4.68 Å². The van der Waals surface area contributed by atoms with E-state index in [4.69, 9.17) is 0 Å². The molecule has 0 spiro atoms. The van der Waals surface area contributed by atoms with Crippen LogP contribution in [0, 0.1) is 0 Å². The number of aryl methyl sites for hydroxylation is 1. The summed E-state index contributed by atoms with van der Waals surface area (Å²) in [7, 11) is 1.83. The molecule has 2 amide bonds. The van der Waals surface area contributed by atoms with Gasteiger partial charge in [-0.2, -0.15) is 5.10 Å². The van der Waals surface area contributed by atoms with Crippen molar-refractivity contribution >= 4 is 6.03 Å². The Morgan fingerprint density at radius 2 is 2.22 bits per heavy atom. The number of amides is 2. The zero-order valence-electron chi connectivity index (χ0n) is 10.9. The summed E-state index contributed by atoms with van der Waals surface area (Å²) in [5, 5.41) is 10.0. The molecule has 0 radical (unpaired) electrons. The Balaban J connectivity index is 1.62. The second-order valence-electron chi connectivity index (χ2n) is 4.82. The molecule has 1 aromatic rings. The molecule has 0 bridgehead atoms. The van der Waals surface area contributed by atoms with E-state index >= 15 is 0 Å². The standard InChI is InChI=1S/C12H21N5O/c1-17-9-14-11(16-17)7-8-13-12(18)15-10-5-3-2-4-6-10/h9-10H,2-8H2,1H3,(H2,13,15,18). The van der Waals surface area contributed by atoms with Gasteiger partial charge in [-0.1, -0.05) is 19.3 Å². The average Bonchev–Trinajstić information content (AvgIpc) is 2.76. The molecule has 1 aromatic heterocycles. The van der Waals surface area contributed by atoms with Crippen molar-refractivity contribution in [2.45, 2.75) is 44.6 Å². The van der Waals surface area contributed by atoms with Crippen LogP contribution in [0.1, 0.15) is 37.9 Å². The summed E-state index contributed by atoms with van der Waals surface area (Å²) in [5.41, 5.74) is 0. The van der Waals surface area contributed by atoms with E-state index in [1.54, 1.807) is 11.0 Å². The van der Waals surface area contributed by atoms with Gasteiger partial charge in [0.2, 0.25) is 0 Å². The van der Waals surface area contributed by atoms with E-state index in [9.17, 15) is 4.79 Å². The average molecular weight is 251 g/mol. The van der Waals surface area contributed by atoms with Crippen LogP contribution in [-0.2, 0) is 13.5 Å². The molecule has 6 nitrogen and oxygen atoms in total. The Morgan fingerprint density at radius 3 is 2.89 bits per heavy atom. The summed E-state index contributed by atoms with van der Waals surface area (Å²) >= 11 is 0. The zero-order chi connectivity index (χ0) is 12.8. The van der Waals surface area contributed by atoms with E-state index in [0.29, 0.717) is 19.0 Å². The van der Waals surface area contributed by atoms with Crippen molar-refractivity contribution < 1.29 is 4.79 Å². The normalized spacial score (nSPS) is 16.5. The number of rotatable bonds is 4. The number of nitrogens with zero attached hydrogens (tertiary/aromatic N) is 3. The Morgan fingerprint density at radius 1 is 1.44 bits per heavy atom. The van der Waals surface area contributed by atoms with Crippen molar-refractivity contribution in [2.75, 3.05) is 6.54 Å². The Labute approximate surface area is 107 Å². The lowest BCUT2D eigenvalue weighted by atomic mass is 9.96. The van der Waals surface area contributed by atoms with Gasteiger partial charge in [0.1, 0.15) is 6.33 Å². The summed E-state index contributed by atoms with van der Waals surface area (Å²) in [6.45, 7) is 0.572. The third-order valence-electron chi connectivity index (χ3n) is 3.22. The van der Waals surface area contributed by atoms with Gasteiger partial charge in [0.15, 0.2) is 5.82 Å². The molecule has 1 saturated carbocycles. The maximum absolute atomic E-state index is 11.6. The molecular weight excluding hydrogens is 230 g/mol. The van der Waals surface area contributed by atoms with E-state index in [2.05, 4.69) is 20.7 Å². The Bertz CT molecular complexity index is 384. The van der Waals surface area contributed by atoms with Gasteiger partial charge in [-0.15, -0.1) is 0 Å². The third-order valence-corrected chi connectivity index (χ3v) is 3.22. The van der Waals surface area contributed by atoms with Gasteiger partial charge in [0, 0.05) is 26.1 Å². The van der Waals surface area contributed by atoms with Crippen LogP contribution in [0.4, 0.5) is 4.79 Å². The quantitative estimate of drug-likeness (QED) is 0.838. The number of hydrogen-bond acceptors (Lipinski definition) is 3. The largest absolute Gasteiger partial charge is 0.338 e. The van der Waals surface area contributed by atoms with E-state index in [1.165, 1.54) is 19.3 Å². The number of urea groups is 1. The molecule has 0 saturated heterocycles. The molecule has 100 valence electrons. The van der Waals surface area contributed by atoms with Gasteiger partial charge in [0.25, 0.3) is 0 Å². The molecule has 1 aliphatic rings. The van der Waals surface area contributed by atoms with Gasteiger partial charge in [-0.25, -0.2) is 9.78 Å². The van der Waals surface area contributed by atoms with Crippen molar-refractivity contribution in [3.8, 4) is 0 Å². The van der Waals surface area contributed by atoms with Crippen molar-refractivity contribution in [1.29, 1.82) is 0 Å². The highest BCUT2D eigenvalue weighted by molar-refractivity contribution is 5.74. The van der Waals surface area contributed by atoms with Gasteiger partial charge in [0.05, 0.1) is 0 Å². The SMILES string of the molecule is Cn1cnc(CCNC(=O)NC2CCCCC2)n1. The summed E-state index contributed by atoms with van der Waals surface area (Å²) in [6.07, 6.45) is 8.29. The highest BCUT2D eigenvalue weighted by atomic mass is 16.2. The molecule has 18 heavy (non-hydrogen) atoms. The van der Waals surface area contributed by atoms with E-state index in [0.717, 1.165) is 18.7 Å². The highest BCUT2D eigenvalue weighted by Crippen LogP contribution is 2.16. The third kappa shape index (κ3) is 4.01. The molecule has 2 rings (SSSR count). The topological polar surface area (TPSA) is 71.8 Å². The molecule has 6 heteroatoms. The minimum absolute atomic E-state index is 0.0715. The summed E-state index contributed by atoms with van der Waals surface area (Å²) in [5.74, 6) is 0.760. The van der Waals surface area contributed by atoms with Crippen LogP contribution >= 0.6 is 0 Å². The first-order valence-corrected chi connectivity index (χ1v) is 6.63. The van der Waals surface area contributed by atoms with Crippen LogP contribution in [0.15, 0.2) is 6.33 Å². The molecule has 1 aliphatic carbocycles. The number of carbonyl (C=O) groups is 1. The van der Waals surface area contributed by atoms with Crippen LogP contribution in [0.3, 0.4) is 0 Å². The van der Waals surface area contributed by atoms with Crippen LogP contribution in [-0.4, -0.2) is 33.4 Å². The van der Waals surface area contributed by atoms with Crippen molar-refractivity contribution in [1.82, 2.24) is 25.4 Å². The summed E-state index contributed by atoms with van der Waals surface area (Å²) in [6, 6.07) is 0.282. The van der Waals surface area contributed by atoms with E-state index in [1.807, 2.05) is 7.05 Å². The van der Waals surface area contributed by atoms with E-state index in [-0.39, 0.29) is 6.03 Å². The zero-order valence-corrected chi connectivity index (χ0v) is 10.9. The number of hydrogen-bond donors (Lipinski definition) is 2. The fraction of sp³-hybridized carbons (Fsp3) is 0.750. The predicted octanol–water partition coefficient (Wildman–Crippen LogP) is 0.989. The second kappa shape index (κ2) is 6.37. The Kier molecular flexibility index (Phi) is 4.55. The van der Waals surface area contributed by atoms with Crippen LogP contribution in [0.2, 0.25) is 0 Å². The number of carbonyl (C=O) groups excluding carboxylic acids is 1. The van der Waals surface area contributed by atoms with Gasteiger partial charge in [-0.05, 0) is 12.8 Å². The minimum atomic E-state index is -0.0715. The molecule has 0 unspecified atom stereocenters. The first-order chi connectivity index (χ1) is 8.74. The lowest BCUT2D eigenvalue weighted by Gasteiger charge is -2.22. The fourth-order valence-corrected chi connectivity index (χ4v) is 2.27. The molecule has 1 fully saturated rings. The lowest BCUT2D eigenvalue weighted by molar-refractivity contribution is 0.232. The molecule has 2 N–H and O–H groups in total. The van der Waals surface area contributed by atoms with Crippen LogP contribution in [0.5, 0.6) is 0 Å². The van der Waals surface area contributed by atoms with Gasteiger partial charge >= 0.3 is 6.03 Å². The molecule has 0 aromatic carbocycles. The molecule has 1 heterocycles. The fourth-order valence-electron chi connectivity index (χ4n) is 2.27. The number of aromatic nitrogens is 3. The first kappa shape index (κ1) is 12.9. The smallest absolute Gasteiger partial charge is 0.315 e. The van der Waals surface area contributed by atoms with E-state index < -0.39 is 0 Å². The van der Waals surface area contributed by atoms with Crippen LogP contribution < -0.4 is 10.6 Å². The maximum Gasteiger partial charge on any atom is 0.315 e.